The topological polar surface area (TPSA) is 50.3 Å². The number of aromatic nitrogens is 2. The predicted octanol–water partition coefficient (Wildman–Crippen LogP) is 2.06. The third-order valence-corrected chi connectivity index (χ3v) is 4.25. The van der Waals surface area contributed by atoms with E-state index in [1.165, 1.54) is 12.8 Å². The predicted molar refractivity (Wildman–Crippen MR) is 79.5 cm³/mol. The molecule has 110 valence electrons. The van der Waals surface area contributed by atoms with Crippen LogP contribution >= 0.6 is 11.6 Å². The molecule has 2 fully saturated rings. The number of nitrogens with zero attached hydrogens (tertiary/aromatic N) is 3. The molecule has 1 unspecified atom stereocenters. The largest absolute Gasteiger partial charge is 0.374 e. The highest BCUT2D eigenvalue weighted by molar-refractivity contribution is 6.30. The van der Waals surface area contributed by atoms with Crippen LogP contribution in [0.15, 0.2) is 0 Å². The van der Waals surface area contributed by atoms with Gasteiger partial charge in [-0.05, 0) is 26.8 Å². The standard InChI is InChI=1S/C14H21ClN4O/c1-9-12(15)17-14(10-3-4-10)18-13(9)16-7-11-8-19(2)5-6-20-11/h10-11H,3-8H2,1-2H3,(H,16,17,18). The van der Waals surface area contributed by atoms with Gasteiger partial charge in [-0.25, -0.2) is 9.97 Å². The van der Waals surface area contributed by atoms with Gasteiger partial charge < -0.3 is 15.0 Å². The van der Waals surface area contributed by atoms with Crippen LogP contribution in [0.4, 0.5) is 5.82 Å². The van der Waals surface area contributed by atoms with Crippen LogP contribution in [0.5, 0.6) is 0 Å². The summed E-state index contributed by atoms with van der Waals surface area (Å²) in [6.07, 6.45) is 2.55. The van der Waals surface area contributed by atoms with E-state index in [-0.39, 0.29) is 6.10 Å². The summed E-state index contributed by atoms with van der Waals surface area (Å²) in [6.45, 7) is 5.44. The molecule has 1 aromatic rings. The van der Waals surface area contributed by atoms with Gasteiger partial charge in [-0.15, -0.1) is 0 Å². The first-order chi connectivity index (χ1) is 9.63. The van der Waals surface area contributed by atoms with Crippen molar-refractivity contribution in [1.82, 2.24) is 14.9 Å². The van der Waals surface area contributed by atoms with Crippen molar-refractivity contribution in [2.45, 2.75) is 31.8 Å². The molecular weight excluding hydrogens is 276 g/mol. The Morgan fingerprint density at radius 3 is 2.90 bits per heavy atom. The minimum absolute atomic E-state index is 0.200. The summed E-state index contributed by atoms with van der Waals surface area (Å²) in [7, 11) is 2.12. The molecule has 6 heteroatoms. The molecule has 1 saturated heterocycles. The maximum absolute atomic E-state index is 6.20. The Bertz CT molecular complexity index is 492. The van der Waals surface area contributed by atoms with E-state index in [1.54, 1.807) is 0 Å². The van der Waals surface area contributed by atoms with Crippen molar-refractivity contribution in [1.29, 1.82) is 0 Å². The van der Waals surface area contributed by atoms with E-state index in [0.29, 0.717) is 11.1 Å². The van der Waals surface area contributed by atoms with Crippen LogP contribution in [0.3, 0.4) is 0 Å². The van der Waals surface area contributed by atoms with Crippen LogP contribution in [0, 0.1) is 6.92 Å². The molecule has 20 heavy (non-hydrogen) atoms. The molecule has 1 N–H and O–H groups in total. The van der Waals surface area contributed by atoms with Crippen molar-refractivity contribution in [2.75, 3.05) is 38.6 Å². The van der Waals surface area contributed by atoms with Crippen LogP contribution < -0.4 is 5.32 Å². The Balaban J connectivity index is 1.66. The van der Waals surface area contributed by atoms with E-state index in [4.69, 9.17) is 16.3 Å². The van der Waals surface area contributed by atoms with Crippen LogP contribution in [0.2, 0.25) is 5.15 Å². The molecule has 2 aliphatic rings. The molecule has 1 atom stereocenters. The molecule has 0 radical (unpaired) electrons. The molecule has 0 amide bonds. The smallest absolute Gasteiger partial charge is 0.137 e. The second-order valence-electron chi connectivity index (χ2n) is 5.76. The van der Waals surface area contributed by atoms with Crippen LogP contribution in [0.1, 0.15) is 30.1 Å². The Morgan fingerprint density at radius 2 is 2.20 bits per heavy atom. The number of ether oxygens (including phenoxy) is 1. The lowest BCUT2D eigenvalue weighted by atomic mass is 10.2. The summed E-state index contributed by atoms with van der Waals surface area (Å²) in [6, 6.07) is 0. The van der Waals surface area contributed by atoms with Crippen molar-refractivity contribution < 1.29 is 4.74 Å². The molecule has 0 bridgehead atoms. The maximum Gasteiger partial charge on any atom is 0.137 e. The van der Waals surface area contributed by atoms with Gasteiger partial charge in [0.2, 0.25) is 0 Å². The zero-order valence-electron chi connectivity index (χ0n) is 12.0. The van der Waals surface area contributed by atoms with Crippen molar-refractivity contribution >= 4 is 17.4 Å². The maximum atomic E-state index is 6.20. The molecule has 0 aromatic carbocycles. The Kier molecular flexibility index (Phi) is 4.10. The zero-order chi connectivity index (χ0) is 14.1. The highest BCUT2D eigenvalue weighted by atomic mass is 35.5. The number of likely N-dealkylation sites (N-methyl/N-ethyl adjacent to an activating group) is 1. The Hall–Kier alpha value is -0.910. The number of anilines is 1. The van der Waals surface area contributed by atoms with E-state index in [2.05, 4.69) is 27.2 Å². The van der Waals surface area contributed by atoms with Gasteiger partial charge >= 0.3 is 0 Å². The van der Waals surface area contributed by atoms with Gasteiger partial charge in [-0.1, -0.05) is 11.6 Å². The van der Waals surface area contributed by atoms with Crippen molar-refractivity contribution in [3.05, 3.63) is 16.5 Å². The van der Waals surface area contributed by atoms with Gasteiger partial charge in [0.1, 0.15) is 16.8 Å². The molecular formula is C14H21ClN4O. The van der Waals surface area contributed by atoms with Gasteiger partial charge in [-0.3, -0.25) is 0 Å². The number of morpholine rings is 1. The monoisotopic (exact) mass is 296 g/mol. The van der Waals surface area contributed by atoms with Crippen molar-refractivity contribution in [2.24, 2.45) is 0 Å². The molecule has 1 aliphatic carbocycles. The number of hydrogen-bond donors (Lipinski definition) is 1. The van der Waals surface area contributed by atoms with E-state index >= 15 is 0 Å². The van der Waals surface area contributed by atoms with Crippen LogP contribution in [-0.4, -0.2) is 54.3 Å². The lowest BCUT2D eigenvalue weighted by Gasteiger charge is -2.30. The third kappa shape index (κ3) is 3.22. The van der Waals surface area contributed by atoms with E-state index < -0.39 is 0 Å². The molecule has 1 saturated carbocycles. The first-order valence-electron chi connectivity index (χ1n) is 7.21. The molecule has 3 rings (SSSR count). The molecule has 1 aromatic heterocycles. The summed E-state index contributed by atoms with van der Waals surface area (Å²) in [5.41, 5.74) is 0.917. The van der Waals surface area contributed by atoms with E-state index in [1.807, 2.05) is 6.92 Å². The zero-order valence-corrected chi connectivity index (χ0v) is 12.8. The molecule has 1 aliphatic heterocycles. The normalized spacial score (nSPS) is 23.9. The van der Waals surface area contributed by atoms with Crippen molar-refractivity contribution in [3.63, 3.8) is 0 Å². The summed E-state index contributed by atoms with van der Waals surface area (Å²) in [5.74, 6) is 2.24. The van der Waals surface area contributed by atoms with Gasteiger partial charge in [-0.2, -0.15) is 0 Å². The number of nitrogens with one attached hydrogen (secondary N) is 1. The lowest BCUT2D eigenvalue weighted by Crippen LogP contribution is -2.43. The summed E-state index contributed by atoms with van der Waals surface area (Å²) in [4.78, 5) is 11.3. The summed E-state index contributed by atoms with van der Waals surface area (Å²) >= 11 is 6.20. The number of hydrogen-bond acceptors (Lipinski definition) is 5. The fourth-order valence-electron chi connectivity index (χ4n) is 2.40. The fraction of sp³-hybridized carbons (Fsp3) is 0.714. The Morgan fingerprint density at radius 1 is 1.40 bits per heavy atom. The third-order valence-electron chi connectivity index (χ3n) is 3.89. The summed E-state index contributed by atoms with van der Waals surface area (Å²) < 4.78 is 5.75. The van der Waals surface area contributed by atoms with E-state index in [9.17, 15) is 0 Å². The van der Waals surface area contributed by atoms with E-state index in [0.717, 1.165) is 43.4 Å². The highest BCUT2D eigenvalue weighted by Gasteiger charge is 2.28. The second kappa shape index (κ2) is 5.84. The van der Waals surface area contributed by atoms with Gasteiger partial charge in [0.25, 0.3) is 0 Å². The highest BCUT2D eigenvalue weighted by Crippen LogP contribution is 2.39. The molecule has 5 nitrogen and oxygen atoms in total. The van der Waals surface area contributed by atoms with Gasteiger partial charge in [0, 0.05) is 31.1 Å². The minimum Gasteiger partial charge on any atom is -0.374 e. The van der Waals surface area contributed by atoms with Crippen molar-refractivity contribution in [3.8, 4) is 0 Å². The second-order valence-corrected chi connectivity index (χ2v) is 6.11. The van der Waals surface area contributed by atoms with Crippen LogP contribution in [-0.2, 0) is 4.74 Å². The average molecular weight is 297 g/mol. The van der Waals surface area contributed by atoms with Gasteiger partial charge in [0.05, 0.1) is 12.7 Å². The minimum atomic E-state index is 0.200. The molecule has 2 heterocycles. The first-order valence-corrected chi connectivity index (χ1v) is 7.59. The number of halogens is 1. The SMILES string of the molecule is Cc1c(Cl)nc(C2CC2)nc1NCC1CN(C)CCO1. The first kappa shape index (κ1) is 14.0. The van der Waals surface area contributed by atoms with Crippen LogP contribution in [0.25, 0.3) is 0 Å². The quantitative estimate of drug-likeness (QED) is 0.862. The van der Waals surface area contributed by atoms with Gasteiger partial charge in [0.15, 0.2) is 0 Å². The average Bonchev–Trinajstić information content (AvgIpc) is 3.25. The Labute approximate surface area is 124 Å². The summed E-state index contributed by atoms with van der Waals surface area (Å²) in [5, 5.41) is 3.94. The fourth-order valence-corrected chi connectivity index (χ4v) is 2.58. The number of rotatable bonds is 4. The molecule has 0 spiro atoms. The lowest BCUT2D eigenvalue weighted by molar-refractivity contribution is -0.0117.